The van der Waals surface area contributed by atoms with Crippen LogP contribution in [0.15, 0.2) is 243 Å². The molecule has 0 aliphatic carbocycles. The van der Waals surface area contributed by atoms with E-state index in [1.807, 2.05) is 0 Å². The standard InChI is InChI=1S/C60H40N2O/c1-3-14-41(15-4-1)43-28-32-47(33-29-43)61(55-26-11-20-45-18-7-9-22-50(45)55)49-36-38-58-54(40-49)52-24-13-25-53-57(37-39-59(63-58)60(52)53)62(56-27-12-21-46-19-8-10-23-51(46)56)48-34-30-44(31-35-48)42-16-5-2-6-17-42/h1-40H. The van der Waals surface area contributed by atoms with E-state index >= 15 is 0 Å². The molecule has 1 aliphatic rings. The predicted molar refractivity (Wildman–Crippen MR) is 265 cm³/mol. The molecule has 0 atom stereocenters. The number of hydrogen-bond donors (Lipinski definition) is 0. The zero-order valence-electron chi connectivity index (χ0n) is 34.4. The molecule has 11 aromatic carbocycles. The van der Waals surface area contributed by atoms with Gasteiger partial charge in [-0.1, -0.05) is 176 Å². The second-order valence-corrected chi connectivity index (χ2v) is 16.1. The summed E-state index contributed by atoms with van der Waals surface area (Å²) in [4.78, 5) is 4.79. The van der Waals surface area contributed by atoms with Crippen molar-refractivity contribution in [1.82, 2.24) is 0 Å². The second kappa shape index (κ2) is 15.3. The molecule has 0 saturated heterocycles. The third kappa shape index (κ3) is 6.38. The van der Waals surface area contributed by atoms with Gasteiger partial charge < -0.3 is 14.5 Å². The van der Waals surface area contributed by atoms with Crippen molar-refractivity contribution in [3.63, 3.8) is 0 Å². The summed E-state index contributed by atoms with van der Waals surface area (Å²) in [6.07, 6.45) is 0. The van der Waals surface area contributed by atoms with E-state index in [1.165, 1.54) is 43.8 Å². The molecule has 0 radical (unpaired) electrons. The van der Waals surface area contributed by atoms with Gasteiger partial charge in [0.15, 0.2) is 0 Å². The summed E-state index contributed by atoms with van der Waals surface area (Å²) < 4.78 is 6.87. The van der Waals surface area contributed by atoms with Gasteiger partial charge in [-0.15, -0.1) is 0 Å². The lowest BCUT2D eigenvalue weighted by atomic mass is 9.92. The maximum absolute atomic E-state index is 6.87. The fourth-order valence-electron chi connectivity index (χ4n) is 9.45. The monoisotopic (exact) mass is 804 g/mol. The summed E-state index contributed by atoms with van der Waals surface area (Å²) in [6.45, 7) is 0. The maximum atomic E-state index is 6.87. The van der Waals surface area contributed by atoms with Crippen LogP contribution in [0.2, 0.25) is 0 Å². The van der Waals surface area contributed by atoms with Gasteiger partial charge >= 0.3 is 0 Å². The summed E-state index contributed by atoms with van der Waals surface area (Å²) in [5.74, 6) is 1.69. The van der Waals surface area contributed by atoms with E-state index in [4.69, 9.17) is 4.74 Å². The van der Waals surface area contributed by atoms with Gasteiger partial charge in [0.2, 0.25) is 0 Å². The Balaban J connectivity index is 1.02. The number of hydrogen-bond acceptors (Lipinski definition) is 3. The van der Waals surface area contributed by atoms with Gasteiger partial charge in [0.25, 0.3) is 0 Å². The lowest BCUT2D eigenvalue weighted by molar-refractivity contribution is 0.487. The van der Waals surface area contributed by atoms with Crippen molar-refractivity contribution in [1.29, 1.82) is 0 Å². The minimum atomic E-state index is 0.839. The number of nitrogens with zero attached hydrogens (tertiary/aromatic N) is 2. The van der Waals surface area contributed by atoms with Gasteiger partial charge in [0, 0.05) is 44.2 Å². The predicted octanol–water partition coefficient (Wildman–Crippen LogP) is 17.2. The molecule has 296 valence electrons. The molecule has 0 N–H and O–H groups in total. The fraction of sp³-hybridized carbons (Fsp3) is 0. The number of benzene rings is 11. The highest BCUT2D eigenvalue weighted by atomic mass is 16.5. The summed E-state index contributed by atoms with van der Waals surface area (Å²) in [6, 6.07) is 87.1. The maximum Gasteiger partial charge on any atom is 0.136 e. The molecule has 12 rings (SSSR count). The number of anilines is 6. The topological polar surface area (TPSA) is 15.7 Å². The molecule has 0 fully saturated rings. The van der Waals surface area contributed by atoms with Crippen LogP contribution in [0.1, 0.15) is 0 Å². The Bertz CT molecular complexity index is 3460. The van der Waals surface area contributed by atoms with Crippen molar-refractivity contribution in [2.24, 2.45) is 0 Å². The molecule has 0 amide bonds. The van der Waals surface area contributed by atoms with Crippen molar-refractivity contribution >= 4 is 66.4 Å². The van der Waals surface area contributed by atoms with Gasteiger partial charge in [0.05, 0.1) is 17.1 Å². The summed E-state index contributed by atoms with van der Waals surface area (Å²) in [5.41, 5.74) is 13.5. The first kappa shape index (κ1) is 36.5. The smallest absolute Gasteiger partial charge is 0.136 e. The normalized spacial score (nSPS) is 11.6. The van der Waals surface area contributed by atoms with Crippen LogP contribution >= 0.6 is 0 Å². The minimum Gasteiger partial charge on any atom is -0.456 e. The van der Waals surface area contributed by atoms with E-state index in [2.05, 4.69) is 252 Å². The summed E-state index contributed by atoms with van der Waals surface area (Å²) in [7, 11) is 0. The molecule has 0 saturated carbocycles. The summed E-state index contributed by atoms with van der Waals surface area (Å²) in [5, 5.41) is 6.96. The average molecular weight is 805 g/mol. The van der Waals surface area contributed by atoms with Crippen LogP contribution in [0, 0.1) is 0 Å². The van der Waals surface area contributed by atoms with Crippen molar-refractivity contribution in [3.05, 3.63) is 243 Å². The molecule has 0 unspecified atom stereocenters. The zero-order valence-corrected chi connectivity index (χ0v) is 34.4. The van der Waals surface area contributed by atoms with Crippen LogP contribution in [-0.2, 0) is 0 Å². The van der Waals surface area contributed by atoms with E-state index < -0.39 is 0 Å². The Kier molecular flexibility index (Phi) is 8.83. The van der Waals surface area contributed by atoms with Gasteiger partial charge in [-0.25, -0.2) is 0 Å². The molecular weight excluding hydrogens is 765 g/mol. The van der Waals surface area contributed by atoms with Gasteiger partial charge in [-0.3, -0.25) is 0 Å². The minimum absolute atomic E-state index is 0.839. The number of fused-ring (bicyclic) bond motifs is 4. The molecule has 0 spiro atoms. The molecule has 1 aliphatic heterocycles. The van der Waals surface area contributed by atoms with Gasteiger partial charge in [-0.2, -0.15) is 0 Å². The van der Waals surface area contributed by atoms with Crippen LogP contribution in [-0.4, -0.2) is 0 Å². The van der Waals surface area contributed by atoms with Gasteiger partial charge in [0.1, 0.15) is 11.5 Å². The van der Waals surface area contributed by atoms with Crippen molar-refractivity contribution < 1.29 is 4.74 Å². The van der Waals surface area contributed by atoms with Crippen molar-refractivity contribution in [3.8, 4) is 44.9 Å². The zero-order chi connectivity index (χ0) is 41.7. The number of ether oxygens (including phenoxy) is 1. The first-order chi connectivity index (χ1) is 31.2. The molecule has 63 heavy (non-hydrogen) atoms. The Hall–Kier alpha value is -8.40. The SMILES string of the molecule is c1ccc(-c2ccc(N(c3ccc4c(c3)-c3cccc5c(N(c6ccc(-c7ccccc7)cc6)c6cccc7ccccc67)ccc(c35)O4)c3cccc4ccccc34)cc2)cc1. The fourth-order valence-corrected chi connectivity index (χ4v) is 9.45. The molecular formula is C60H40N2O. The third-order valence-corrected chi connectivity index (χ3v) is 12.4. The molecule has 11 aromatic rings. The van der Waals surface area contributed by atoms with Crippen molar-refractivity contribution in [2.45, 2.75) is 0 Å². The molecule has 0 aromatic heterocycles. The Morgan fingerprint density at radius 1 is 0.270 bits per heavy atom. The third-order valence-electron chi connectivity index (χ3n) is 12.4. The molecule has 3 heteroatoms. The Morgan fingerprint density at radius 3 is 1.33 bits per heavy atom. The highest BCUT2D eigenvalue weighted by Gasteiger charge is 2.26. The second-order valence-electron chi connectivity index (χ2n) is 16.1. The molecule has 1 heterocycles. The Labute approximate surface area is 367 Å². The van der Waals surface area contributed by atoms with E-state index in [0.29, 0.717) is 0 Å². The quantitative estimate of drug-likeness (QED) is 0.152. The highest BCUT2D eigenvalue weighted by Crippen LogP contribution is 2.53. The van der Waals surface area contributed by atoms with E-state index in [1.54, 1.807) is 0 Å². The van der Waals surface area contributed by atoms with Crippen LogP contribution in [0.5, 0.6) is 11.5 Å². The largest absolute Gasteiger partial charge is 0.456 e. The Morgan fingerprint density at radius 2 is 0.714 bits per heavy atom. The van der Waals surface area contributed by atoms with E-state index in [-0.39, 0.29) is 0 Å². The highest BCUT2D eigenvalue weighted by molar-refractivity contribution is 6.13. The van der Waals surface area contributed by atoms with Crippen LogP contribution < -0.4 is 14.5 Å². The van der Waals surface area contributed by atoms with Crippen molar-refractivity contribution in [2.75, 3.05) is 9.80 Å². The van der Waals surface area contributed by atoms with Gasteiger partial charge in [-0.05, 0) is 105 Å². The first-order valence-corrected chi connectivity index (χ1v) is 21.5. The van der Waals surface area contributed by atoms with Crippen LogP contribution in [0.25, 0.3) is 65.7 Å². The first-order valence-electron chi connectivity index (χ1n) is 21.5. The number of rotatable bonds is 8. The lowest BCUT2D eigenvalue weighted by Gasteiger charge is -2.31. The molecule has 0 bridgehead atoms. The van der Waals surface area contributed by atoms with E-state index in [9.17, 15) is 0 Å². The van der Waals surface area contributed by atoms with Crippen LogP contribution in [0.3, 0.4) is 0 Å². The van der Waals surface area contributed by atoms with Crippen LogP contribution in [0.4, 0.5) is 34.1 Å². The lowest BCUT2D eigenvalue weighted by Crippen LogP contribution is -2.12. The molecule has 3 nitrogen and oxygen atoms in total. The van der Waals surface area contributed by atoms with E-state index in [0.717, 1.165) is 67.5 Å². The summed E-state index contributed by atoms with van der Waals surface area (Å²) >= 11 is 0. The average Bonchev–Trinajstić information content (AvgIpc) is 3.36.